The summed E-state index contributed by atoms with van der Waals surface area (Å²) >= 11 is 0. The van der Waals surface area contributed by atoms with Crippen molar-refractivity contribution in [3.8, 4) is 0 Å². The Morgan fingerprint density at radius 1 is 1.14 bits per heavy atom. The summed E-state index contributed by atoms with van der Waals surface area (Å²) in [6.07, 6.45) is 5.28. The molecule has 3 aromatic rings. The van der Waals surface area contributed by atoms with Crippen molar-refractivity contribution in [3.63, 3.8) is 0 Å². The molecule has 0 aliphatic rings. The van der Waals surface area contributed by atoms with Gasteiger partial charge in [-0.3, -0.25) is 4.40 Å². The first-order valence-corrected chi connectivity index (χ1v) is 7.46. The van der Waals surface area contributed by atoms with Crippen LogP contribution in [0.4, 0.5) is 0 Å². The number of hydrogen-bond acceptors (Lipinski definition) is 3. The summed E-state index contributed by atoms with van der Waals surface area (Å²) in [4.78, 5) is 0. The van der Waals surface area contributed by atoms with Gasteiger partial charge < -0.3 is 9.88 Å². The molecule has 0 aliphatic carbocycles. The number of pyridine rings is 1. The number of fused-ring (bicyclic) bond motifs is 1. The molecule has 3 heterocycles. The van der Waals surface area contributed by atoms with E-state index in [0.29, 0.717) is 0 Å². The number of nitrogens with one attached hydrogen (secondary N) is 1. The molecule has 5 nitrogen and oxygen atoms in total. The normalized spacial score (nSPS) is 12.9. The van der Waals surface area contributed by atoms with Crippen molar-refractivity contribution in [2.75, 3.05) is 0 Å². The van der Waals surface area contributed by atoms with Crippen molar-refractivity contribution >= 4 is 5.65 Å². The van der Waals surface area contributed by atoms with Crippen LogP contribution in [0.25, 0.3) is 5.65 Å². The van der Waals surface area contributed by atoms with Crippen LogP contribution in [0.5, 0.6) is 0 Å². The minimum absolute atomic E-state index is 0.146. The van der Waals surface area contributed by atoms with E-state index in [1.54, 1.807) is 0 Å². The first-order chi connectivity index (χ1) is 10.3. The fourth-order valence-corrected chi connectivity index (χ4v) is 2.57. The lowest BCUT2D eigenvalue weighted by atomic mass is 10.3. The highest BCUT2D eigenvalue weighted by molar-refractivity contribution is 5.37. The van der Waals surface area contributed by atoms with E-state index in [2.05, 4.69) is 52.3 Å². The Labute approximate surface area is 124 Å². The summed E-state index contributed by atoms with van der Waals surface area (Å²) < 4.78 is 4.32. The molecule has 0 aromatic carbocycles. The fraction of sp³-hybridized carbons (Fsp3) is 0.375. The monoisotopic (exact) mass is 283 g/mol. The van der Waals surface area contributed by atoms with Crippen LogP contribution in [0.15, 0.2) is 42.7 Å². The van der Waals surface area contributed by atoms with Gasteiger partial charge in [0.25, 0.3) is 0 Å². The van der Waals surface area contributed by atoms with Crippen molar-refractivity contribution in [3.05, 3.63) is 54.2 Å². The zero-order valence-electron chi connectivity index (χ0n) is 12.5. The molecule has 0 saturated heterocycles. The minimum Gasteiger partial charge on any atom is -0.350 e. The summed E-state index contributed by atoms with van der Waals surface area (Å²) in [5, 5.41) is 12.0. The zero-order chi connectivity index (χ0) is 14.7. The van der Waals surface area contributed by atoms with Gasteiger partial charge in [0.2, 0.25) is 0 Å². The molecule has 0 fully saturated rings. The van der Waals surface area contributed by atoms with Crippen LogP contribution >= 0.6 is 0 Å². The third kappa shape index (κ3) is 2.83. The fourth-order valence-electron chi connectivity index (χ4n) is 2.57. The highest BCUT2D eigenvalue weighted by atomic mass is 15.3. The standard InChI is InChI=1S/C16H21N5/c1-3-9-20-10-6-7-14(20)12-17-13(2)16-19-18-15-8-4-5-11-21(15)16/h4-8,10-11,13,17H,3,9,12H2,1-2H3. The maximum atomic E-state index is 4.30. The van der Waals surface area contributed by atoms with Gasteiger partial charge in [-0.15, -0.1) is 10.2 Å². The molecule has 0 radical (unpaired) electrons. The molecule has 21 heavy (non-hydrogen) atoms. The third-order valence-electron chi connectivity index (χ3n) is 3.70. The molecule has 1 unspecified atom stereocenters. The SMILES string of the molecule is CCCn1cccc1CNC(C)c1nnc2ccccn12. The Morgan fingerprint density at radius 3 is 2.90 bits per heavy atom. The molecule has 0 aliphatic heterocycles. The Balaban J connectivity index is 1.71. The second kappa shape index (κ2) is 6.10. The largest absolute Gasteiger partial charge is 0.350 e. The molecule has 3 rings (SSSR count). The van der Waals surface area contributed by atoms with E-state index in [9.17, 15) is 0 Å². The number of hydrogen-bond donors (Lipinski definition) is 1. The molecule has 0 saturated carbocycles. The first-order valence-electron chi connectivity index (χ1n) is 7.46. The molecule has 110 valence electrons. The molecular formula is C16H21N5. The third-order valence-corrected chi connectivity index (χ3v) is 3.70. The van der Waals surface area contributed by atoms with E-state index in [0.717, 1.165) is 31.0 Å². The van der Waals surface area contributed by atoms with Gasteiger partial charge in [0, 0.05) is 31.2 Å². The average molecular weight is 283 g/mol. The average Bonchev–Trinajstić information content (AvgIpc) is 3.12. The highest BCUT2D eigenvalue weighted by Gasteiger charge is 2.13. The van der Waals surface area contributed by atoms with Crippen molar-refractivity contribution in [2.45, 2.75) is 39.4 Å². The van der Waals surface area contributed by atoms with Gasteiger partial charge in [-0.2, -0.15) is 0 Å². The van der Waals surface area contributed by atoms with Gasteiger partial charge in [-0.05, 0) is 37.6 Å². The summed E-state index contributed by atoms with van der Waals surface area (Å²) in [7, 11) is 0. The summed E-state index contributed by atoms with van der Waals surface area (Å²) in [6.45, 7) is 6.21. The van der Waals surface area contributed by atoms with Gasteiger partial charge in [-0.1, -0.05) is 13.0 Å². The van der Waals surface area contributed by atoms with E-state index >= 15 is 0 Å². The van der Waals surface area contributed by atoms with Crippen LogP contribution in [-0.2, 0) is 13.1 Å². The number of aromatic nitrogens is 4. The van der Waals surface area contributed by atoms with Gasteiger partial charge in [0.05, 0.1) is 6.04 Å². The summed E-state index contributed by atoms with van der Waals surface area (Å²) in [5.74, 6) is 0.944. The molecule has 0 spiro atoms. The van der Waals surface area contributed by atoms with E-state index in [1.807, 2.05) is 28.8 Å². The second-order valence-electron chi connectivity index (χ2n) is 5.28. The van der Waals surface area contributed by atoms with E-state index in [1.165, 1.54) is 5.69 Å². The van der Waals surface area contributed by atoms with Gasteiger partial charge >= 0.3 is 0 Å². The predicted octanol–water partition coefficient (Wildman–Crippen LogP) is 2.79. The van der Waals surface area contributed by atoms with Crippen LogP contribution in [0.2, 0.25) is 0 Å². The van der Waals surface area contributed by atoms with Crippen LogP contribution in [0.1, 0.15) is 37.8 Å². The summed E-state index contributed by atoms with van der Waals surface area (Å²) in [6, 6.07) is 10.4. The Bertz CT molecular complexity index is 712. The van der Waals surface area contributed by atoms with Crippen molar-refractivity contribution < 1.29 is 0 Å². The maximum Gasteiger partial charge on any atom is 0.160 e. The summed E-state index contributed by atoms with van der Waals surface area (Å²) in [5.41, 5.74) is 2.19. The van der Waals surface area contributed by atoms with E-state index in [4.69, 9.17) is 0 Å². The lowest BCUT2D eigenvalue weighted by molar-refractivity contribution is 0.518. The number of rotatable bonds is 6. The molecule has 3 aromatic heterocycles. The van der Waals surface area contributed by atoms with Gasteiger partial charge in [-0.25, -0.2) is 0 Å². The van der Waals surface area contributed by atoms with Crippen LogP contribution in [0, 0.1) is 0 Å². The first kappa shape index (κ1) is 13.8. The maximum absolute atomic E-state index is 4.30. The molecular weight excluding hydrogens is 262 g/mol. The number of aryl methyl sites for hydroxylation is 1. The Hall–Kier alpha value is -2.14. The molecule has 5 heteroatoms. The van der Waals surface area contributed by atoms with Crippen LogP contribution < -0.4 is 5.32 Å². The Kier molecular flexibility index (Phi) is 4.01. The predicted molar refractivity (Wildman–Crippen MR) is 83.0 cm³/mol. The lowest BCUT2D eigenvalue weighted by Gasteiger charge is -2.14. The molecule has 1 atom stereocenters. The topological polar surface area (TPSA) is 47.2 Å². The van der Waals surface area contributed by atoms with Crippen molar-refractivity contribution in [2.24, 2.45) is 0 Å². The number of nitrogens with zero attached hydrogens (tertiary/aromatic N) is 4. The lowest BCUT2D eigenvalue weighted by Crippen LogP contribution is -2.22. The Morgan fingerprint density at radius 2 is 2.05 bits per heavy atom. The van der Waals surface area contributed by atoms with E-state index in [-0.39, 0.29) is 6.04 Å². The molecule has 0 amide bonds. The second-order valence-corrected chi connectivity index (χ2v) is 5.28. The smallest absolute Gasteiger partial charge is 0.160 e. The van der Waals surface area contributed by atoms with Gasteiger partial charge in [0.1, 0.15) is 0 Å². The van der Waals surface area contributed by atoms with Crippen molar-refractivity contribution in [1.29, 1.82) is 0 Å². The quantitative estimate of drug-likeness (QED) is 0.756. The minimum atomic E-state index is 0.146. The van der Waals surface area contributed by atoms with Crippen LogP contribution in [-0.4, -0.2) is 19.2 Å². The van der Waals surface area contributed by atoms with Crippen LogP contribution in [0.3, 0.4) is 0 Å². The molecule has 1 N–H and O–H groups in total. The zero-order valence-corrected chi connectivity index (χ0v) is 12.5. The van der Waals surface area contributed by atoms with Gasteiger partial charge in [0.15, 0.2) is 11.5 Å². The highest BCUT2D eigenvalue weighted by Crippen LogP contribution is 2.13. The molecule has 0 bridgehead atoms. The van der Waals surface area contributed by atoms with Crippen molar-refractivity contribution in [1.82, 2.24) is 24.5 Å². The van der Waals surface area contributed by atoms with E-state index < -0.39 is 0 Å².